The van der Waals surface area contributed by atoms with Crippen molar-refractivity contribution in [3.8, 4) is 5.88 Å². The van der Waals surface area contributed by atoms with Crippen LogP contribution in [0.3, 0.4) is 0 Å². The highest BCUT2D eigenvalue weighted by atomic mass is 32.1. The Kier molecular flexibility index (Phi) is 4.40. The molecule has 1 fully saturated rings. The van der Waals surface area contributed by atoms with Crippen molar-refractivity contribution in [1.29, 1.82) is 0 Å². The van der Waals surface area contributed by atoms with Gasteiger partial charge in [0.2, 0.25) is 10.8 Å². The molecular formula is C18H20F2N4OS. The van der Waals surface area contributed by atoms with E-state index in [1.54, 1.807) is 13.0 Å². The highest BCUT2D eigenvalue weighted by Crippen LogP contribution is 2.41. The van der Waals surface area contributed by atoms with E-state index >= 15 is 0 Å². The van der Waals surface area contributed by atoms with Crippen LogP contribution >= 0.6 is 11.3 Å². The van der Waals surface area contributed by atoms with Gasteiger partial charge in [-0.2, -0.15) is 4.52 Å². The Labute approximate surface area is 153 Å². The average molecular weight is 378 g/mol. The molecule has 2 atom stereocenters. The van der Waals surface area contributed by atoms with Gasteiger partial charge in [0.1, 0.15) is 5.82 Å². The first-order valence-corrected chi connectivity index (χ1v) is 9.49. The van der Waals surface area contributed by atoms with E-state index in [0.717, 1.165) is 32.0 Å². The quantitative estimate of drug-likeness (QED) is 0.751. The summed E-state index contributed by atoms with van der Waals surface area (Å²) >= 11 is 1.33. The van der Waals surface area contributed by atoms with Gasteiger partial charge in [0, 0.05) is 6.54 Å². The highest BCUT2D eigenvalue weighted by Gasteiger charge is 2.32. The molecule has 3 heterocycles. The lowest BCUT2D eigenvalue weighted by atomic mass is 9.95. The Hall–Kier alpha value is -2.06. The number of nitrogens with zero attached hydrogens (tertiary/aromatic N) is 4. The number of piperidine rings is 1. The predicted molar refractivity (Wildman–Crippen MR) is 95.4 cm³/mol. The largest absolute Gasteiger partial charge is 0.492 e. The Bertz CT molecular complexity index is 954. The maximum Gasteiger partial charge on any atom is 0.230 e. The summed E-state index contributed by atoms with van der Waals surface area (Å²) in [4.78, 5) is 7.78. The molecule has 138 valence electrons. The summed E-state index contributed by atoms with van der Waals surface area (Å²) in [5.74, 6) is -0.662. The summed E-state index contributed by atoms with van der Waals surface area (Å²) in [6.45, 7) is 5.61. The summed E-state index contributed by atoms with van der Waals surface area (Å²) in [5, 5.41) is 14.9. The van der Waals surface area contributed by atoms with Crippen LogP contribution in [-0.4, -0.2) is 37.7 Å². The molecule has 2 aromatic heterocycles. The molecule has 0 saturated carbocycles. The van der Waals surface area contributed by atoms with Crippen LogP contribution in [0, 0.1) is 24.5 Å². The van der Waals surface area contributed by atoms with Gasteiger partial charge in [0.25, 0.3) is 0 Å². The average Bonchev–Trinajstić information content (AvgIpc) is 3.09. The molecule has 0 radical (unpaired) electrons. The van der Waals surface area contributed by atoms with Crippen LogP contribution < -0.4 is 0 Å². The first-order chi connectivity index (χ1) is 12.4. The minimum absolute atomic E-state index is 0.0126. The topological polar surface area (TPSA) is 53.7 Å². The lowest BCUT2D eigenvalue weighted by Crippen LogP contribution is -2.37. The van der Waals surface area contributed by atoms with Crippen molar-refractivity contribution in [3.05, 3.63) is 46.1 Å². The van der Waals surface area contributed by atoms with E-state index in [9.17, 15) is 13.9 Å². The number of hydrogen-bond acceptors (Lipinski definition) is 5. The molecule has 1 aliphatic rings. The summed E-state index contributed by atoms with van der Waals surface area (Å²) in [6.07, 6.45) is 2.17. The molecule has 0 bridgehead atoms. The Morgan fingerprint density at radius 2 is 2.12 bits per heavy atom. The third kappa shape index (κ3) is 2.97. The fraction of sp³-hybridized carbons (Fsp3) is 0.444. The third-order valence-corrected chi connectivity index (χ3v) is 5.94. The molecule has 0 spiro atoms. The number of likely N-dealkylation sites (tertiary alicyclic amines) is 1. The lowest BCUT2D eigenvalue weighted by Gasteiger charge is -2.37. The zero-order valence-corrected chi connectivity index (χ0v) is 15.4. The number of aryl methyl sites for hydroxylation is 1. The van der Waals surface area contributed by atoms with Gasteiger partial charge in [-0.25, -0.2) is 13.8 Å². The number of aromatic nitrogens is 3. The first-order valence-electron chi connectivity index (χ1n) is 8.68. The molecule has 0 aliphatic carbocycles. The van der Waals surface area contributed by atoms with Crippen LogP contribution in [0.5, 0.6) is 5.88 Å². The van der Waals surface area contributed by atoms with Gasteiger partial charge in [0.05, 0.1) is 10.9 Å². The highest BCUT2D eigenvalue weighted by molar-refractivity contribution is 7.17. The van der Waals surface area contributed by atoms with E-state index < -0.39 is 11.6 Å². The van der Waals surface area contributed by atoms with Crippen LogP contribution in [-0.2, 0) is 0 Å². The smallest absolute Gasteiger partial charge is 0.230 e. The third-order valence-electron chi connectivity index (χ3n) is 4.87. The number of benzene rings is 1. The number of fused-ring (bicyclic) bond motifs is 1. The van der Waals surface area contributed by atoms with Crippen molar-refractivity contribution < 1.29 is 13.9 Å². The van der Waals surface area contributed by atoms with Gasteiger partial charge in [-0.15, -0.1) is 5.10 Å². The molecule has 1 aromatic carbocycles. The van der Waals surface area contributed by atoms with Gasteiger partial charge in [-0.3, -0.25) is 4.90 Å². The molecule has 4 rings (SSSR count). The first kappa shape index (κ1) is 17.4. The van der Waals surface area contributed by atoms with Gasteiger partial charge >= 0.3 is 0 Å². The van der Waals surface area contributed by atoms with E-state index in [2.05, 4.69) is 21.9 Å². The Morgan fingerprint density at radius 1 is 1.31 bits per heavy atom. The van der Waals surface area contributed by atoms with Crippen molar-refractivity contribution in [3.63, 3.8) is 0 Å². The van der Waals surface area contributed by atoms with Gasteiger partial charge in [-0.05, 0) is 49.9 Å². The zero-order valence-electron chi connectivity index (χ0n) is 14.6. The summed E-state index contributed by atoms with van der Waals surface area (Å²) in [7, 11) is 0. The van der Waals surface area contributed by atoms with Crippen LogP contribution in [0.25, 0.3) is 4.96 Å². The molecule has 1 saturated heterocycles. The standard InChI is InChI=1S/C18H20F2N4OS/c1-10-4-3-7-23(9-10)15(12-5-6-13(19)14(20)8-12)16-17(25)24-18(26-16)21-11(2)22-24/h5-6,8,10,15,25H,3-4,7,9H2,1-2H3/t10-,15-/m1/s1. The molecule has 0 amide bonds. The Balaban J connectivity index is 1.84. The number of halogens is 2. The summed E-state index contributed by atoms with van der Waals surface area (Å²) in [6, 6.07) is 3.59. The van der Waals surface area contributed by atoms with E-state index in [0.29, 0.717) is 27.1 Å². The normalized spacial score (nSPS) is 19.9. The summed E-state index contributed by atoms with van der Waals surface area (Å²) < 4.78 is 28.8. The van der Waals surface area contributed by atoms with E-state index in [1.165, 1.54) is 21.9 Å². The van der Waals surface area contributed by atoms with Crippen LogP contribution in [0.2, 0.25) is 0 Å². The fourth-order valence-corrected chi connectivity index (χ4v) is 4.86. The zero-order chi connectivity index (χ0) is 18.4. The fourth-order valence-electron chi connectivity index (χ4n) is 3.70. The van der Waals surface area contributed by atoms with Gasteiger partial charge in [0.15, 0.2) is 11.6 Å². The lowest BCUT2D eigenvalue weighted by molar-refractivity contribution is 0.149. The van der Waals surface area contributed by atoms with Gasteiger partial charge < -0.3 is 5.11 Å². The van der Waals surface area contributed by atoms with Gasteiger partial charge in [-0.1, -0.05) is 24.3 Å². The molecule has 3 aromatic rings. The molecule has 26 heavy (non-hydrogen) atoms. The van der Waals surface area contributed by atoms with Crippen molar-refractivity contribution in [2.75, 3.05) is 13.1 Å². The SMILES string of the molecule is Cc1nc2sc([C@@H](c3ccc(F)c(F)c3)N3CCC[C@@H](C)C3)c(O)n2n1. The molecular weight excluding hydrogens is 358 g/mol. The molecule has 0 unspecified atom stereocenters. The number of hydrogen-bond donors (Lipinski definition) is 1. The molecule has 5 nitrogen and oxygen atoms in total. The maximum atomic E-state index is 13.9. The summed E-state index contributed by atoms with van der Waals surface area (Å²) in [5.41, 5.74) is 0.620. The van der Waals surface area contributed by atoms with E-state index in [-0.39, 0.29) is 11.9 Å². The van der Waals surface area contributed by atoms with E-state index in [1.807, 2.05) is 0 Å². The van der Waals surface area contributed by atoms with Crippen molar-refractivity contribution >= 4 is 16.3 Å². The van der Waals surface area contributed by atoms with E-state index in [4.69, 9.17) is 0 Å². The second kappa shape index (κ2) is 6.59. The van der Waals surface area contributed by atoms with Crippen LogP contribution in [0.15, 0.2) is 18.2 Å². The minimum atomic E-state index is -0.882. The number of rotatable bonds is 3. The second-order valence-corrected chi connectivity index (χ2v) is 7.97. The second-order valence-electron chi connectivity index (χ2n) is 6.96. The molecule has 1 N–H and O–H groups in total. The molecule has 8 heteroatoms. The van der Waals surface area contributed by atoms with Crippen molar-refractivity contribution in [1.82, 2.24) is 19.5 Å². The maximum absolute atomic E-state index is 13.9. The van der Waals surface area contributed by atoms with Crippen LogP contribution in [0.4, 0.5) is 8.78 Å². The Morgan fingerprint density at radius 3 is 2.81 bits per heavy atom. The van der Waals surface area contributed by atoms with Crippen molar-refractivity contribution in [2.45, 2.75) is 32.7 Å². The minimum Gasteiger partial charge on any atom is -0.492 e. The number of thiazole rings is 1. The van der Waals surface area contributed by atoms with Crippen LogP contribution in [0.1, 0.15) is 42.1 Å². The van der Waals surface area contributed by atoms with Crippen molar-refractivity contribution in [2.24, 2.45) is 5.92 Å². The monoisotopic (exact) mass is 378 g/mol. The molecule has 1 aliphatic heterocycles. The predicted octanol–water partition coefficient (Wildman–Crippen LogP) is 3.90. The number of aromatic hydroxyl groups is 1.